The number of allylic oxidation sites excluding steroid dienone is 1. The summed E-state index contributed by atoms with van der Waals surface area (Å²) in [4.78, 5) is 8.34. The molecule has 146 valence electrons. The Kier molecular flexibility index (Phi) is 7.48. The molecular formula is C20H24N6O2. The molecule has 2 aromatic rings. The third-order valence-corrected chi connectivity index (χ3v) is 3.78. The molecule has 1 aromatic carbocycles. The number of nitriles is 1. The van der Waals surface area contributed by atoms with Crippen LogP contribution in [0.5, 0.6) is 11.6 Å². The first kappa shape index (κ1) is 20.9. The first-order valence-corrected chi connectivity index (χ1v) is 8.81. The molecule has 0 bridgehead atoms. The number of nitrogens with two attached hydrogens (primary N) is 1. The van der Waals surface area contributed by atoms with Crippen LogP contribution in [0.15, 0.2) is 46.2 Å². The monoisotopic (exact) mass is 380 g/mol. The molecule has 0 fully saturated rings. The van der Waals surface area contributed by atoms with Gasteiger partial charge in [-0.3, -0.25) is 0 Å². The van der Waals surface area contributed by atoms with Gasteiger partial charge in [-0.1, -0.05) is 6.92 Å². The molecule has 1 aromatic heterocycles. The van der Waals surface area contributed by atoms with Gasteiger partial charge in [-0.05, 0) is 38.3 Å². The fraction of sp³-hybridized carbons (Fsp3) is 0.300. The van der Waals surface area contributed by atoms with Crippen molar-refractivity contribution in [1.29, 1.82) is 5.26 Å². The van der Waals surface area contributed by atoms with E-state index in [0.717, 1.165) is 12.1 Å². The summed E-state index contributed by atoms with van der Waals surface area (Å²) in [5.41, 5.74) is 7.38. The van der Waals surface area contributed by atoms with Gasteiger partial charge < -0.3 is 15.2 Å². The molecule has 0 radical (unpaired) electrons. The minimum absolute atomic E-state index is 0.341. The van der Waals surface area contributed by atoms with Crippen molar-refractivity contribution in [2.75, 3.05) is 13.2 Å². The number of aliphatic imine (C=N–C) groups is 2. The van der Waals surface area contributed by atoms with Crippen LogP contribution in [0.3, 0.4) is 0 Å². The number of hydrogen-bond acceptors (Lipinski definition) is 6. The number of ether oxygens (including phenoxy) is 2. The summed E-state index contributed by atoms with van der Waals surface area (Å²) < 4.78 is 13.1. The Bertz CT molecular complexity index is 937. The highest BCUT2D eigenvalue weighted by atomic mass is 16.5. The van der Waals surface area contributed by atoms with E-state index in [2.05, 4.69) is 27.9 Å². The molecule has 0 saturated heterocycles. The third-order valence-electron chi connectivity index (χ3n) is 3.78. The van der Waals surface area contributed by atoms with Crippen molar-refractivity contribution in [3.8, 4) is 17.7 Å². The Morgan fingerprint density at radius 2 is 2.21 bits per heavy atom. The van der Waals surface area contributed by atoms with Crippen molar-refractivity contribution < 1.29 is 9.47 Å². The number of amidine groups is 1. The van der Waals surface area contributed by atoms with Crippen LogP contribution >= 0.6 is 0 Å². The molecule has 2 rings (SSSR count). The fourth-order valence-corrected chi connectivity index (χ4v) is 2.35. The average molecular weight is 380 g/mol. The van der Waals surface area contributed by atoms with Crippen molar-refractivity contribution in [3.63, 3.8) is 0 Å². The van der Waals surface area contributed by atoms with Gasteiger partial charge in [0.15, 0.2) is 5.84 Å². The Morgan fingerprint density at radius 1 is 1.43 bits per heavy atom. The minimum Gasteiger partial charge on any atom is -0.495 e. The van der Waals surface area contributed by atoms with E-state index in [1.165, 1.54) is 0 Å². The normalized spacial score (nSPS) is 11.8. The topological polar surface area (TPSA) is 111 Å². The molecule has 0 spiro atoms. The summed E-state index contributed by atoms with van der Waals surface area (Å²) in [5, 5.41) is 13.6. The van der Waals surface area contributed by atoms with Crippen molar-refractivity contribution >= 4 is 12.6 Å². The van der Waals surface area contributed by atoms with E-state index in [4.69, 9.17) is 15.2 Å². The van der Waals surface area contributed by atoms with Crippen LogP contribution in [0.2, 0.25) is 0 Å². The lowest BCUT2D eigenvalue weighted by Gasteiger charge is -2.11. The lowest BCUT2D eigenvalue weighted by atomic mass is 10.1. The van der Waals surface area contributed by atoms with Gasteiger partial charge in [-0.15, -0.1) is 0 Å². The van der Waals surface area contributed by atoms with E-state index < -0.39 is 0 Å². The fourth-order valence-electron chi connectivity index (χ4n) is 2.35. The molecule has 8 nitrogen and oxygen atoms in total. The minimum atomic E-state index is 0.341. The van der Waals surface area contributed by atoms with Gasteiger partial charge in [-0.25, -0.2) is 14.7 Å². The summed E-state index contributed by atoms with van der Waals surface area (Å²) in [6.45, 7) is 8.20. The molecular weight excluding hydrogens is 356 g/mol. The molecule has 1 heterocycles. The van der Waals surface area contributed by atoms with Gasteiger partial charge in [0.1, 0.15) is 11.5 Å². The number of benzene rings is 1. The highest BCUT2D eigenvalue weighted by Gasteiger charge is 2.14. The van der Waals surface area contributed by atoms with Gasteiger partial charge in [0, 0.05) is 19.7 Å². The van der Waals surface area contributed by atoms with E-state index in [0.29, 0.717) is 47.5 Å². The zero-order chi connectivity index (χ0) is 20.5. The molecule has 0 saturated carbocycles. The summed E-state index contributed by atoms with van der Waals surface area (Å²) in [5.74, 6) is 1.93. The van der Waals surface area contributed by atoms with Gasteiger partial charge in [0.05, 0.1) is 35.7 Å². The second kappa shape index (κ2) is 10.0. The summed E-state index contributed by atoms with van der Waals surface area (Å²) in [6.07, 6.45) is 2.33. The van der Waals surface area contributed by atoms with Crippen LogP contribution in [0, 0.1) is 11.3 Å². The number of hydrogen-bond donors (Lipinski definition) is 1. The highest BCUT2D eigenvalue weighted by molar-refractivity contribution is 6.04. The second-order valence-corrected chi connectivity index (χ2v) is 5.86. The maximum absolute atomic E-state index is 9.24. The quantitative estimate of drug-likeness (QED) is 0.430. The Morgan fingerprint density at radius 3 is 2.82 bits per heavy atom. The number of aryl methyl sites for hydroxylation is 2. The lowest BCUT2D eigenvalue weighted by molar-refractivity contribution is 0.222. The maximum Gasteiger partial charge on any atom is 0.217 e. The van der Waals surface area contributed by atoms with Gasteiger partial charge in [0.25, 0.3) is 0 Å². The first-order valence-electron chi connectivity index (χ1n) is 8.81. The van der Waals surface area contributed by atoms with Gasteiger partial charge in [-0.2, -0.15) is 10.4 Å². The predicted octanol–water partition coefficient (Wildman–Crippen LogP) is 2.93. The van der Waals surface area contributed by atoms with E-state index >= 15 is 0 Å². The van der Waals surface area contributed by atoms with Crippen LogP contribution in [0.25, 0.3) is 0 Å². The molecule has 2 N–H and O–H groups in total. The molecule has 0 aliphatic rings. The molecule has 0 amide bonds. The maximum atomic E-state index is 9.24. The predicted molar refractivity (Wildman–Crippen MR) is 109 cm³/mol. The van der Waals surface area contributed by atoms with E-state index in [-0.39, 0.29) is 0 Å². The zero-order valence-corrected chi connectivity index (χ0v) is 16.3. The van der Waals surface area contributed by atoms with Crippen LogP contribution in [0.1, 0.15) is 30.7 Å². The Hall–Kier alpha value is -3.44. The van der Waals surface area contributed by atoms with E-state index in [9.17, 15) is 5.26 Å². The van der Waals surface area contributed by atoms with Crippen molar-refractivity contribution in [2.45, 2.75) is 20.3 Å². The molecule has 0 atom stereocenters. The average Bonchev–Trinajstić information content (AvgIpc) is 3.07. The Labute approximate surface area is 164 Å². The number of rotatable bonds is 8. The largest absolute Gasteiger partial charge is 0.495 e. The smallest absolute Gasteiger partial charge is 0.217 e. The first-order chi connectivity index (χ1) is 13.5. The summed E-state index contributed by atoms with van der Waals surface area (Å²) in [6, 6.07) is 8.99. The molecule has 28 heavy (non-hydrogen) atoms. The van der Waals surface area contributed by atoms with E-state index in [1.807, 2.05) is 13.0 Å². The van der Waals surface area contributed by atoms with E-state index in [1.54, 1.807) is 43.1 Å². The summed E-state index contributed by atoms with van der Waals surface area (Å²) in [7, 11) is 1.80. The zero-order valence-electron chi connectivity index (χ0n) is 16.3. The van der Waals surface area contributed by atoms with Gasteiger partial charge in [0.2, 0.25) is 5.88 Å². The number of aromatic nitrogens is 2. The van der Waals surface area contributed by atoms with Crippen LogP contribution in [-0.2, 0) is 18.2 Å². The molecule has 0 unspecified atom stereocenters. The molecule has 8 heteroatoms. The highest BCUT2D eigenvalue weighted by Crippen LogP contribution is 2.28. The number of nitrogens with zero attached hydrogens (tertiary/aromatic N) is 5. The Balaban J connectivity index is 2.43. The molecule has 0 aliphatic carbocycles. The summed E-state index contributed by atoms with van der Waals surface area (Å²) >= 11 is 0. The van der Waals surface area contributed by atoms with Crippen LogP contribution < -0.4 is 10.5 Å². The van der Waals surface area contributed by atoms with Crippen molar-refractivity contribution in [1.82, 2.24) is 9.78 Å². The van der Waals surface area contributed by atoms with Crippen LogP contribution in [0.4, 0.5) is 0 Å². The third kappa shape index (κ3) is 5.28. The van der Waals surface area contributed by atoms with Crippen LogP contribution in [-0.4, -0.2) is 35.5 Å². The molecule has 0 aliphatic heterocycles. The second-order valence-electron chi connectivity index (χ2n) is 5.86. The SMILES string of the molecule is C=NC(=N/C=C(\C)OCCN)c1ccc(C#N)cc1Oc1cc(CC)nn1C. The lowest BCUT2D eigenvalue weighted by Crippen LogP contribution is -2.07. The van der Waals surface area contributed by atoms with Gasteiger partial charge >= 0.3 is 0 Å². The standard InChI is InChI=1S/C20H24N6O2/c1-5-16-11-19(26(4)25-16)28-18-10-15(12-22)6-7-17(18)20(23-3)24-13-14(2)27-9-8-21/h6-7,10-11,13H,3,5,8-9,21H2,1-2,4H3/b14-13+,24-20?. The van der Waals surface area contributed by atoms with Crippen molar-refractivity contribution in [3.05, 3.63) is 53.0 Å². The van der Waals surface area contributed by atoms with Crippen molar-refractivity contribution in [2.24, 2.45) is 22.8 Å².